The summed E-state index contributed by atoms with van der Waals surface area (Å²) >= 11 is 5.99. The number of piperidine rings is 1. The second-order valence-electron chi connectivity index (χ2n) is 5.39. The number of benzene rings is 1. The summed E-state index contributed by atoms with van der Waals surface area (Å²) < 4.78 is 10.8. The van der Waals surface area contributed by atoms with Gasteiger partial charge in [0.2, 0.25) is 0 Å². The van der Waals surface area contributed by atoms with Crippen molar-refractivity contribution < 1.29 is 14.3 Å². The van der Waals surface area contributed by atoms with Crippen LogP contribution in [0.25, 0.3) is 0 Å². The highest BCUT2D eigenvalue weighted by Crippen LogP contribution is 2.20. The number of urea groups is 1. The lowest BCUT2D eigenvalue weighted by Gasteiger charge is -2.31. The molecule has 0 spiro atoms. The van der Waals surface area contributed by atoms with Crippen LogP contribution < -0.4 is 5.32 Å². The Morgan fingerprint density at radius 2 is 2.14 bits per heavy atom. The number of halogens is 1. The van der Waals surface area contributed by atoms with Gasteiger partial charge in [0.15, 0.2) is 0 Å². The lowest BCUT2D eigenvalue weighted by Crippen LogP contribution is -2.46. The topological polar surface area (TPSA) is 50.8 Å². The lowest BCUT2D eigenvalue weighted by molar-refractivity contribution is 0.0490. The predicted molar refractivity (Wildman–Crippen MR) is 86.2 cm³/mol. The maximum Gasteiger partial charge on any atom is 0.317 e. The van der Waals surface area contributed by atoms with Gasteiger partial charge in [0.05, 0.1) is 12.2 Å². The molecular weight excluding hydrogens is 304 g/mol. The molecule has 1 heterocycles. The number of hydrogen-bond acceptors (Lipinski definition) is 3. The minimum atomic E-state index is -0.209. The summed E-state index contributed by atoms with van der Waals surface area (Å²) in [7, 11) is 3.34. The molecule has 1 aromatic rings. The van der Waals surface area contributed by atoms with Gasteiger partial charge in [-0.05, 0) is 30.5 Å². The number of nitrogens with one attached hydrogen (secondary N) is 1. The summed E-state index contributed by atoms with van der Waals surface area (Å²) in [6.45, 7) is 1.86. The van der Waals surface area contributed by atoms with Crippen LogP contribution in [0, 0.1) is 0 Å². The van der Waals surface area contributed by atoms with E-state index in [1.54, 1.807) is 14.2 Å². The average molecular weight is 327 g/mol. The fourth-order valence-corrected chi connectivity index (χ4v) is 2.83. The van der Waals surface area contributed by atoms with Crippen molar-refractivity contribution in [3.63, 3.8) is 0 Å². The third-order valence-electron chi connectivity index (χ3n) is 4.01. The van der Waals surface area contributed by atoms with Gasteiger partial charge in [-0.3, -0.25) is 0 Å². The summed E-state index contributed by atoms with van der Waals surface area (Å²) in [5, 5.41) is 3.59. The van der Waals surface area contributed by atoms with Crippen LogP contribution in [0.15, 0.2) is 24.3 Å². The molecule has 0 bridgehead atoms. The van der Waals surface area contributed by atoms with Crippen molar-refractivity contribution in [2.45, 2.75) is 25.0 Å². The van der Waals surface area contributed by atoms with Gasteiger partial charge in [-0.25, -0.2) is 4.79 Å². The minimum Gasteiger partial charge on any atom is -0.381 e. The van der Waals surface area contributed by atoms with E-state index in [-0.39, 0.29) is 18.2 Å². The maximum atomic E-state index is 12.2. The van der Waals surface area contributed by atoms with Crippen LogP contribution >= 0.6 is 11.6 Å². The second kappa shape index (κ2) is 8.36. The Bertz CT molecular complexity index is 490. The van der Waals surface area contributed by atoms with Crippen LogP contribution in [0.2, 0.25) is 5.02 Å². The minimum absolute atomic E-state index is 0.0568. The van der Waals surface area contributed by atoms with Gasteiger partial charge in [0, 0.05) is 38.9 Å². The molecule has 1 fully saturated rings. The first-order valence-electron chi connectivity index (χ1n) is 7.48. The van der Waals surface area contributed by atoms with Gasteiger partial charge in [-0.1, -0.05) is 23.7 Å². The van der Waals surface area contributed by atoms with Crippen molar-refractivity contribution in [1.29, 1.82) is 0 Å². The van der Waals surface area contributed by atoms with Crippen molar-refractivity contribution >= 4 is 17.6 Å². The highest BCUT2D eigenvalue weighted by atomic mass is 35.5. The monoisotopic (exact) mass is 326 g/mol. The molecule has 1 unspecified atom stereocenters. The molecule has 1 aliphatic heterocycles. The molecule has 6 heteroatoms. The van der Waals surface area contributed by atoms with Gasteiger partial charge in [0.25, 0.3) is 0 Å². The molecule has 22 heavy (non-hydrogen) atoms. The number of hydrogen-bond donors (Lipinski definition) is 1. The first kappa shape index (κ1) is 17.1. The van der Waals surface area contributed by atoms with E-state index in [1.165, 1.54) is 0 Å². The van der Waals surface area contributed by atoms with E-state index in [4.69, 9.17) is 21.1 Å². The van der Waals surface area contributed by atoms with Gasteiger partial charge in [-0.15, -0.1) is 0 Å². The van der Waals surface area contributed by atoms with Crippen molar-refractivity contribution in [2.24, 2.45) is 0 Å². The van der Waals surface area contributed by atoms with Gasteiger partial charge >= 0.3 is 6.03 Å². The van der Waals surface area contributed by atoms with Crippen LogP contribution in [0.3, 0.4) is 0 Å². The lowest BCUT2D eigenvalue weighted by atomic mass is 10.1. The van der Waals surface area contributed by atoms with Gasteiger partial charge in [-0.2, -0.15) is 0 Å². The largest absolute Gasteiger partial charge is 0.381 e. The quantitative estimate of drug-likeness (QED) is 0.905. The molecule has 1 aliphatic rings. The number of carbonyl (C=O) groups is 1. The zero-order valence-corrected chi connectivity index (χ0v) is 13.8. The first-order valence-corrected chi connectivity index (χ1v) is 7.85. The number of ether oxygens (including phenoxy) is 2. The number of likely N-dealkylation sites (tertiary alicyclic amines) is 1. The molecule has 5 nitrogen and oxygen atoms in total. The molecular formula is C16H23ClN2O3. The van der Waals surface area contributed by atoms with E-state index in [1.807, 2.05) is 29.2 Å². The zero-order chi connectivity index (χ0) is 15.9. The summed E-state index contributed by atoms with van der Waals surface area (Å²) in [5.41, 5.74) is 0.952. The molecule has 1 aromatic carbocycles. The fraction of sp³-hybridized carbons (Fsp3) is 0.562. The van der Waals surface area contributed by atoms with E-state index in [9.17, 15) is 4.79 Å². The van der Waals surface area contributed by atoms with Crippen LogP contribution in [0.5, 0.6) is 0 Å². The Morgan fingerprint density at radius 3 is 2.73 bits per heavy atom. The van der Waals surface area contributed by atoms with Crippen LogP contribution in [-0.4, -0.2) is 50.9 Å². The van der Waals surface area contributed by atoms with Crippen molar-refractivity contribution in [3.8, 4) is 0 Å². The summed E-state index contributed by atoms with van der Waals surface area (Å²) in [6, 6.07) is 7.43. The molecule has 0 aliphatic carbocycles. The zero-order valence-electron chi connectivity index (χ0n) is 13.0. The number of nitrogens with zero attached hydrogens (tertiary/aromatic N) is 1. The Hall–Kier alpha value is -1.30. The van der Waals surface area contributed by atoms with E-state index in [0.29, 0.717) is 11.6 Å². The number of carbonyl (C=O) groups excluding carboxylic acids is 1. The molecule has 0 saturated carbocycles. The molecule has 2 amide bonds. The molecule has 1 saturated heterocycles. The third-order valence-corrected chi connectivity index (χ3v) is 4.24. The molecule has 1 N–H and O–H groups in total. The van der Waals surface area contributed by atoms with E-state index in [0.717, 1.165) is 31.5 Å². The number of methoxy groups -OCH3 is 2. The first-order chi connectivity index (χ1) is 10.6. The van der Waals surface area contributed by atoms with Gasteiger partial charge in [0.1, 0.15) is 0 Å². The molecule has 122 valence electrons. The maximum absolute atomic E-state index is 12.2. The Balaban J connectivity index is 1.84. The molecule has 2 rings (SSSR count). The Morgan fingerprint density at radius 1 is 1.41 bits per heavy atom. The van der Waals surface area contributed by atoms with Crippen molar-refractivity contribution in [2.75, 3.05) is 33.9 Å². The SMILES string of the molecule is COC1CCN(C(=O)NCC(OC)c2cccc(Cl)c2)CC1. The van der Waals surface area contributed by atoms with Gasteiger partial charge < -0.3 is 19.7 Å². The van der Waals surface area contributed by atoms with Crippen molar-refractivity contribution in [1.82, 2.24) is 10.2 Å². The molecule has 1 atom stereocenters. The van der Waals surface area contributed by atoms with E-state index in [2.05, 4.69) is 5.32 Å². The third kappa shape index (κ3) is 4.60. The highest BCUT2D eigenvalue weighted by Gasteiger charge is 2.23. The summed E-state index contributed by atoms with van der Waals surface area (Å²) in [6.07, 6.45) is 1.82. The average Bonchev–Trinajstić information content (AvgIpc) is 2.55. The van der Waals surface area contributed by atoms with E-state index < -0.39 is 0 Å². The molecule has 0 radical (unpaired) electrons. The standard InChI is InChI=1S/C16H23ClN2O3/c1-21-14-6-8-19(9-7-14)16(20)18-11-15(22-2)12-4-3-5-13(17)10-12/h3-5,10,14-15H,6-9,11H2,1-2H3,(H,18,20). The summed E-state index contributed by atoms with van der Waals surface area (Å²) in [4.78, 5) is 14.0. The highest BCUT2D eigenvalue weighted by molar-refractivity contribution is 6.30. The smallest absolute Gasteiger partial charge is 0.317 e. The van der Waals surface area contributed by atoms with Crippen LogP contribution in [0.4, 0.5) is 4.79 Å². The number of rotatable bonds is 5. The van der Waals surface area contributed by atoms with Crippen LogP contribution in [0.1, 0.15) is 24.5 Å². The van der Waals surface area contributed by atoms with Crippen LogP contribution in [-0.2, 0) is 9.47 Å². The van der Waals surface area contributed by atoms with E-state index >= 15 is 0 Å². The predicted octanol–water partition coefficient (Wildman–Crippen LogP) is 2.85. The second-order valence-corrected chi connectivity index (χ2v) is 5.82. The van der Waals surface area contributed by atoms with Crippen molar-refractivity contribution in [3.05, 3.63) is 34.9 Å². The Kier molecular flexibility index (Phi) is 6.49. The summed E-state index contributed by atoms with van der Waals surface area (Å²) in [5.74, 6) is 0. The number of amides is 2. The normalized spacial score (nSPS) is 17.3. The Labute approximate surface area is 136 Å². The fourth-order valence-electron chi connectivity index (χ4n) is 2.63. The molecule has 0 aromatic heterocycles.